The van der Waals surface area contributed by atoms with Crippen molar-refractivity contribution in [3.63, 3.8) is 0 Å². The SMILES string of the molecule is NC(=O)c1ccc[n+](CC(=O)NCc2ccco2)c1.[Cl-]. The zero-order valence-electron chi connectivity index (χ0n) is 10.6. The second kappa shape index (κ2) is 7.30. The van der Waals surface area contributed by atoms with Crippen LogP contribution in [-0.2, 0) is 17.9 Å². The molecule has 0 unspecified atom stereocenters. The van der Waals surface area contributed by atoms with Gasteiger partial charge in [0, 0.05) is 6.07 Å². The van der Waals surface area contributed by atoms with Gasteiger partial charge >= 0.3 is 0 Å². The Bertz CT molecular complexity index is 584. The molecule has 0 atom stereocenters. The van der Waals surface area contributed by atoms with Crippen molar-refractivity contribution in [3.8, 4) is 0 Å². The lowest BCUT2D eigenvalue weighted by atomic mass is 10.3. The summed E-state index contributed by atoms with van der Waals surface area (Å²) in [5, 5.41) is 2.71. The number of nitrogens with one attached hydrogen (secondary N) is 1. The van der Waals surface area contributed by atoms with Crippen LogP contribution in [0.3, 0.4) is 0 Å². The Hall–Kier alpha value is -2.34. The van der Waals surface area contributed by atoms with Gasteiger partial charge in [0.2, 0.25) is 6.54 Å². The van der Waals surface area contributed by atoms with E-state index >= 15 is 0 Å². The highest BCUT2D eigenvalue weighted by atomic mass is 35.5. The van der Waals surface area contributed by atoms with E-state index in [1.54, 1.807) is 41.3 Å². The standard InChI is InChI=1S/C13H13N3O3.ClH/c14-13(18)10-3-1-5-16(8-10)9-12(17)15-7-11-4-2-6-19-11;/h1-6,8H,7,9H2,(H2-,14,15,17,18);1H. The summed E-state index contributed by atoms with van der Waals surface area (Å²) >= 11 is 0. The molecule has 6 nitrogen and oxygen atoms in total. The van der Waals surface area contributed by atoms with Gasteiger partial charge in [0.25, 0.3) is 11.8 Å². The maximum Gasteiger partial charge on any atom is 0.286 e. The van der Waals surface area contributed by atoms with E-state index in [1.165, 1.54) is 6.20 Å². The minimum Gasteiger partial charge on any atom is -1.00 e. The van der Waals surface area contributed by atoms with E-state index in [-0.39, 0.29) is 24.9 Å². The van der Waals surface area contributed by atoms with E-state index in [4.69, 9.17) is 10.2 Å². The van der Waals surface area contributed by atoms with Crippen molar-refractivity contribution in [1.82, 2.24) is 5.32 Å². The Balaban J connectivity index is 0.00000200. The van der Waals surface area contributed by atoms with E-state index in [0.29, 0.717) is 17.9 Å². The maximum absolute atomic E-state index is 11.7. The van der Waals surface area contributed by atoms with Gasteiger partial charge in [-0.2, -0.15) is 4.57 Å². The first-order chi connectivity index (χ1) is 9.15. The fourth-order valence-electron chi connectivity index (χ4n) is 1.59. The number of aromatic nitrogens is 1. The Morgan fingerprint density at radius 1 is 1.30 bits per heavy atom. The summed E-state index contributed by atoms with van der Waals surface area (Å²) in [6.45, 7) is 0.448. The molecule has 0 radical (unpaired) electrons. The zero-order valence-corrected chi connectivity index (χ0v) is 11.3. The lowest BCUT2D eigenvalue weighted by molar-refractivity contribution is -0.684. The summed E-state index contributed by atoms with van der Waals surface area (Å²) < 4.78 is 6.70. The Morgan fingerprint density at radius 2 is 2.10 bits per heavy atom. The summed E-state index contributed by atoms with van der Waals surface area (Å²) in [6.07, 6.45) is 4.78. The first kappa shape index (κ1) is 15.7. The lowest BCUT2D eigenvalue weighted by Gasteiger charge is -2.01. The molecule has 0 fully saturated rings. The fourth-order valence-corrected chi connectivity index (χ4v) is 1.59. The molecule has 0 bridgehead atoms. The van der Waals surface area contributed by atoms with Crippen LogP contribution < -0.4 is 28.0 Å². The van der Waals surface area contributed by atoms with E-state index in [2.05, 4.69) is 5.32 Å². The molecule has 106 valence electrons. The Morgan fingerprint density at radius 3 is 2.75 bits per heavy atom. The fraction of sp³-hybridized carbons (Fsp3) is 0.154. The normalized spacial score (nSPS) is 9.60. The second-order valence-electron chi connectivity index (χ2n) is 3.99. The Labute approximate surface area is 122 Å². The van der Waals surface area contributed by atoms with Crippen LogP contribution in [0.4, 0.5) is 0 Å². The molecule has 2 aromatic rings. The molecule has 7 heteroatoms. The van der Waals surface area contributed by atoms with Gasteiger partial charge in [-0.1, -0.05) is 0 Å². The quantitative estimate of drug-likeness (QED) is 0.576. The highest BCUT2D eigenvalue weighted by Gasteiger charge is 2.12. The minimum absolute atomic E-state index is 0. The van der Waals surface area contributed by atoms with Gasteiger partial charge in [0.05, 0.1) is 12.8 Å². The highest BCUT2D eigenvalue weighted by molar-refractivity contribution is 5.92. The number of carbonyl (C=O) groups is 2. The monoisotopic (exact) mass is 295 g/mol. The van der Waals surface area contributed by atoms with Gasteiger partial charge in [0.1, 0.15) is 11.3 Å². The number of nitrogens with two attached hydrogens (primary N) is 1. The van der Waals surface area contributed by atoms with Gasteiger partial charge in [-0.25, -0.2) is 0 Å². The average molecular weight is 296 g/mol. The number of hydrogen-bond donors (Lipinski definition) is 2. The van der Waals surface area contributed by atoms with Crippen LogP contribution in [0.1, 0.15) is 16.1 Å². The molecule has 2 rings (SSSR count). The van der Waals surface area contributed by atoms with Crippen LogP contribution in [0.25, 0.3) is 0 Å². The van der Waals surface area contributed by atoms with Crippen LogP contribution >= 0.6 is 0 Å². The number of pyridine rings is 1. The third kappa shape index (κ3) is 4.40. The second-order valence-corrected chi connectivity index (χ2v) is 3.99. The van der Waals surface area contributed by atoms with Crippen molar-refractivity contribution in [3.05, 3.63) is 54.2 Å². The van der Waals surface area contributed by atoms with Gasteiger partial charge in [0.15, 0.2) is 12.4 Å². The van der Waals surface area contributed by atoms with E-state index in [0.717, 1.165) is 0 Å². The summed E-state index contributed by atoms with van der Waals surface area (Å²) in [6, 6.07) is 6.80. The Kier molecular flexibility index (Phi) is 5.74. The molecule has 0 spiro atoms. The number of carbonyl (C=O) groups excluding carboxylic acids is 2. The van der Waals surface area contributed by atoms with Crippen LogP contribution in [0.5, 0.6) is 0 Å². The molecule has 0 aliphatic heterocycles. The third-order valence-electron chi connectivity index (χ3n) is 2.51. The zero-order chi connectivity index (χ0) is 13.7. The van der Waals surface area contributed by atoms with Gasteiger partial charge in [-0.05, 0) is 18.2 Å². The van der Waals surface area contributed by atoms with Crippen molar-refractivity contribution in [1.29, 1.82) is 0 Å². The summed E-state index contributed by atoms with van der Waals surface area (Å²) in [7, 11) is 0. The first-order valence-electron chi connectivity index (χ1n) is 5.73. The number of amides is 2. The molecule has 2 heterocycles. The smallest absolute Gasteiger partial charge is 0.286 e. The molecule has 2 aromatic heterocycles. The van der Waals surface area contributed by atoms with Gasteiger partial charge in [-0.15, -0.1) is 0 Å². The number of rotatable bonds is 5. The maximum atomic E-state index is 11.7. The number of furan rings is 1. The van der Waals surface area contributed by atoms with Crippen LogP contribution in [0.2, 0.25) is 0 Å². The molecule has 0 aromatic carbocycles. The molecule has 2 amide bonds. The number of nitrogens with zero attached hydrogens (tertiary/aromatic N) is 1. The molecule has 3 N–H and O–H groups in total. The van der Waals surface area contributed by atoms with Crippen molar-refractivity contribution in [2.45, 2.75) is 13.1 Å². The molecule has 0 aliphatic rings. The molecule has 20 heavy (non-hydrogen) atoms. The topological polar surface area (TPSA) is 89.2 Å². The van der Waals surface area contributed by atoms with Crippen molar-refractivity contribution >= 4 is 11.8 Å². The molecule has 0 saturated carbocycles. The third-order valence-corrected chi connectivity index (χ3v) is 2.51. The van der Waals surface area contributed by atoms with E-state index in [9.17, 15) is 9.59 Å². The van der Waals surface area contributed by atoms with Crippen molar-refractivity contribution in [2.75, 3.05) is 0 Å². The predicted molar refractivity (Wildman–Crippen MR) is 65.7 cm³/mol. The van der Waals surface area contributed by atoms with E-state index in [1.807, 2.05) is 0 Å². The summed E-state index contributed by atoms with van der Waals surface area (Å²) in [4.78, 5) is 22.7. The van der Waals surface area contributed by atoms with E-state index < -0.39 is 5.91 Å². The summed E-state index contributed by atoms with van der Waals surface area (Å²) in [5.41, 5.74) is 5.53. The average Bonchev–Trinajstić information content (AvgIpc) is 2.90. The molecular weight excluding hydrogens is 282 g/mol. The molecular formula is C13H14ClN3O3. The van der Waals surface area contributed by atoms with Crippen LogP contribution in [0.15, 0.2) is 47.3 Å². The van der Waals surface area contributed by atoms with Crippen molar-refractivity contribution < 1.29 is 31.0 Å². The first-order valence-corrected chi connectivity index (χ1v) is 5.73. The van der Waals surface area contributed by atoms with Gasteiger partial charge < -0.3 is 27.9 Å². The van der Waals surface area contributed by atoms with Crippen LogP contribution in [-0.4, -0.2) is 11.8 Å². The lowest BCUT2D eigenvalue weighted by Crippen LogP contribution is -3.00. The molecule has 0 saturated heterocycles. The van der Waals surface area contributed by atoms with Crippen LogP contribution in [0, 0.1) is 0 Å². The number of halogens is 1. The van der Waals surface area contributed by atoms with Crippen molar-refractivity contribution in [2.24, 2.45) is 5.73 Å². The minimum atomic E-state index is -0.523. The summed E-state index contributed by atoms with van der Waals surface area (Å²) in [5.74, 6) is -0.0161. The highest BCUT2D eigenvalue weighted by Crippen LogP contribution is 1.98. The van der Waals surface area contributed by atoms with Gasteiger partial charge in [-0.3, -0.25) is 9.59 Å². The largest absolute Gasteiger partial charge is 1.00 e. The predicted octanol–water partition coefficient (Wildman–Crippen LogP) is -3.01. The number of hydrogen-bond acceptors (Lipinski definition) is 3. The number of primary amides is 1. The molecule has 0 aliphatic carbocycles.